The van der Waals surface area contributed by atoms with Gasteiger partial charge in [0.05, 0.1) is 23.6 Å². The molecule has 0 aliphatic heterocycles. The first-order valence-corrected chi connectivity index (χ1v) is 10.1. The molecule has 1 unspecified atom stereocenters. The maximum Gasteiger partial charge on any atom is 0.251 e. The molecular formula is C23H23N7O2. The zero-order chi connectivity index (χ0) is 22.5. The Kier molecular flexibility index (Phi) is 6.27. The largest absolute Gasteiger partial charge is 0.377 e. The molecule has 1 amide bonds. The molecule has 0 saturated heterocycles. The Hall–Kier alpha value is -3.98. The molecule has 4 aromatic rings. The van der Waals surface area contributed by atoms with Gasteiger partial charge in [0.1, 0.15) is 6.61 Å². The van der Waals surface area contributed by atoms with Crippen molar-refractivity contribution in [2.45, 2.75) is 26.5 Å². The van der Waals surface area contributed by atoms with E-state index in [9.17, 15) is 4.79 Å². The third-order valence-electron chi connectivity index (χ3n) is 4.99. The summed E-state index contributed by atoms with van der Waals surface area (Å²) in [4.78, 5) is 21.5. The first-order valence-electron chi connectivity index (χ1n) is 10.1. The fraction of sp³-hybridized carbons (Fsp3) is 0.217. The van der Waals surface area contributed by atoms with E-state index in [4.69, 9.17) is 4.74 Å². The number of ether oxygens (including phenoxy) is 1. The molecule has 0 aliphatic carbocycles. The highest BCUT2D eigenvalue weighted by atomic mass is 16.5. The minimum Gasteiger partial charge on any atom is -0.377 e. The molecule has 2 aromatic carbocycles. The monoisotopic (exact) mass is 429 g/mol. The number of aryl methyl sites for hydroxylation is 1. The van der Waals surface area contributed by atoms with Crippen molar-refractivity contribution in [1.82, 2.24) is 35.5 Å². The van der Waals surface area contributed by atoms with Crippen LogP contribution in [0.15, 0.2) is 61.1 Å². The van der Waals surface area contributed by atoms with E-state index in [1.54, 1.807) is 36.4 Å². The van der Waals surface area contributed by atoms with Crippen LogP contribution in [0.2, 0.25) is 0 Å². The van der Waals surface area contributed by atoms with Crippen molar-refractivity contribution in [3.63, 3.8) is 0 Å². The second kappa shape index (κ2) is 9.44. The van der Waals surface area contributed by atoms with Gasteiger partial charge >= 0.3 is 0 Å². The van der Waals surface area contributed by atoms with Crippen molar-refractivity contribution in [2.75, 3.05) is 7.11 Å². The number of hydrogen-bond acceptors (Lipinski definition) is 7. The van der Waals surface area contributed by atoms with Crippen LogP contribution in [0.3, 0.4) is 0 Å². The Balaban J connectivity index is 1.73. The second-order valence-electron chi connectivity index (χ2n) is 7.40. The van der Waals surface area contributed by atoms with Crippen molar-refractivity contribution in [3.05, 3.63) is 83.7 Å². The Bertz CT molecular complexity index is 1210. The molecule has 0 bridgehead atoms. The van der Waals surface area contributed by atoms with E-state index in [0.717, 1.165) is 16.7 Å². The molecule has 9 heteroatoms. The van der Waals surface area contributed by atoms with Gasteiger partial charge in [0.25, 0.3) is 5.91 Å². The number of rotatable bonds is 7. The lowest BCUT2D eigenvalue weighted by Gasteiger charge is -2.15. The fourth-order valence-corrected chi connectivity index (χ4v) is 3.29. The van der Waals surface area contributed by atoms with Crippen LogP contribution in [0.1, 0.15) is 40.4 Å². The van der Waals surface area contributed by atoms with E-state index in [0.29, 0.717) is 22.8 Å². The lowest BCUT2D eigenvalue weighted by molar-refractivity contribution is 0.0939. The summed E-state index contributed by atoms with van der Waals surface area (Å²) in [6.07, 6.45) is 4.83. The number of aromatic nitrogens is 6. The van der Waals surface area contributed by atoms with Gasteiger partial charge in [0, 0.05) is 25.1 Å². The third-order valence-corrected chi connectivity index (χ3v) is 4.99. The summed E-state index contributed by atoms with van der Waals surface area (Å²) in [6.45, 7) is 4.14. The zero-order valence-corrected chi connectivity index (χ0v) is 18.1. The van der Waals surface area contributed by atoms with Gasteiger partial charge in [-0.25, -0.2) is 0 Å². The summed E-state index contributed by atoms with van der Waals surface area (Å²) in [5, 5.41) is 14.9. The van der Waals surface area contributed by atoms with E-state index in [1.807, 2.05) is 50.2 Å². The van der Waals surface area contributed by atoms with Gasteiger partial charge in [-0.15, -0.1) is 5.10 Å². The SMILES string of the molecule is COCc1nnnn1-c1cc(C(=O)NC(C)c2cnccn2)cc(-c2ccc(C)cc2)c1. The molecule has 2 heterocycles. The molecule has 1 N–H and O–H groups in total. The number of methoxy groups -OCH3 is 1. The van der Waals surface area contributed by atoms with E-state index < -0.39 is 0 Å². The highest BCUT2D eigenvalue weighted by Gasteiger charge is 2.17. The van der Waals surface area contributed by atoms with Crippen LogP contribution in [0, 0.1) is 6.92 Å². The molecule has 0 radical (unpaired) electrons. The minimum absolute atomic E-state index is 0.236. The van der Waals surface area contributed by atoms with Gasteiger partial charge in [-0.05, 0) is 53.6 Å². The molecule has 0 saturated carbocycles. The molecule has 1 atom stereocenters. The van der Waals surface area contributed by atoms with Gasteiger partial charge in [-0.1, -0.05) is 29.8 Å². The molecule has 4 rings (SSSR count). The summed E-state index contributed by atoms with van der Waals surface area (Å²) in [6, 6.07) is 13.4. The summed E-state index contributed by atoms with van der Waals surface area (Å²) < 4.78 is 6.77. The fourth-order valence-electron chi connectivity index (χ4n) is 3.29. The van der Waals surface area contributed by atoms with Crippen molar-refractivity contribution in [1.29, 1.82) is 0 Å². The molecule has 0 fully saturated rings. The van der Waals surface area contributed by atoms with Gasteiger partial charge in [0.2, 0.25) is 0 Å². The number of benzene rings is 2. The Labute approximate surface area is 185 Å². The third kappa shape index (κ3) is 4.68. The molecule has 2 aromatic heterocycles. The molecule has 0 aliphatic rings. The van der Waals surface area contributed by atoms with Crippen molar-refractivity contribution < 1.29 is 9.53 Å². The van der Waals surface area contributed by atoms with Crippen LogP contribution in [-0.2, 0) is 11.3 Å². The molecular weight excluding hydrogens is 406 g/mol. The number of tetrazole rings is 1. The van der Waals surface area contributed by atoms with E-state index in [-0.39, 0.29) is 18.6 Å². The Morgan fingerprint density at radius 3 is 2.66 bits per heavy atom. The smallest absolute Gasteiger partial charge is 0.251 e. The van der Waals surface area contributed by atoms with Crippen LogP contribution in [0.5, 0.6) is 0 Å². The molecule has 32 heavy (non-hydrogen) atoms. The normalized spacial score (nSPS) is 11.8. The summed E-state index contributed by atoms with van der Waals surface area (Å²) in [7, 11) is 1.58. The lowest BCUT2D eigenvalue weighted by Crippen LogP contribution is -2.27. The molecule has 162 valence electrons. The number of amides is 1. The van der Waals surface area contributed by atoms with Gasteiger partial charge in [0.15, 0.2) is 5.82 Å². The van der Waals surface area contributed by atoms with Crippen molar-refractivity contribution >= 4 is 5.91 Å². The van der Waals surface area contributed by atoms with E-state index >= 15 is 0 Å². The zero-order valence-electron chi connectivity index (χ0n) is 18.1. The number of nitrogens with zero attached hydrogens (tertiary/aromatic N) is 6. The highest BCUT2D eigenvalue weighted by molar-refractivity contribution is 5.96. The van der Waals surface area contributed by atoms with Crippen molar-refractivity contribution in [2.24, 2.45) is 0 Å². The van der Waals surface area contributed by atoms with Gasteiger partial charge < -0.3 is 10.1 Å². The first-order chi connectivity index (χ1) is 15.5. The summed E-state index contributed by atoms with van der Waals surface area (Å²) in [5.41, 5.74) is 4.83. The maximum atomic E-state index is 13.2. The Morgan fingerprint density at radius 2 is 1.94 bits per heavy atom. The standard InChI is InChI=1S/C23H23N7O2/c1-15-4-6-17(7-5-15)18-10-19(23(31)26-16(2)21-13-24-8-9-25-21)12-20(11-18)30-22(14-32-3)27-28-29-30/h4-13,16H,14H2,1-3H3,(H,26,31). The van der Waals surface area contributed by atoms with E-state index in [1.165, 1.54) is 0 Å². The Morgan fingerprint density at radius 1 is 1.12 bits per heavy atom. The predicted octanol–water partition coefficient (Wildman–Crippen LogP) is 3.07. The average Bonchev–Trinajstić information content (AvgIpc) is 3.28. The topological polar surface area (TPSA) is 108 Å². The highest BCUT2D eigenvalue weighted by Crippen LogP contribution is 2.25. The van der Waals surface area contributed by atoms with Crippen LogP contribution in [0.25, 0.3) is 16.8 Å². The average molecular weight is 429 g/mol. The maximum absolute atomic E-state index is 13.2. The quantitative estimate of drug-likeness (QED) is 0.481. The molecule has 0 spiro atoms. The van der Waals surface area contributed by atoms with Crippen LogP contribution in [0.4, 0.5) is 0 Å². The van der Waals surface area contributed by atoms with Gasteiger partial charge in [-0.3, -0.25) is 14.8 Å². The molecule has 9 nitrogen and oxygen atoms in total. The second-order valence-corrected chi connectivity index (χ2v) is 7.40. The van der Waals surface area contributed by atoms with Crippen LogP contribution >= 0.6 is 0 Å². The summed E-state index contributed by atoms with van der Waals surface area (Å²) in [5.74, 6) is 0.299. The minimum atomic E-state index is -0.306. The predicted molar refractivity (Wildman–Crippen MR) is 118 cm³/mol. The van der Waals surface area contributed by atoms with Crippen LogP contribution in [-0.4, -0.2) is 43.2 Å². The first kappa shape index (κ1) is 21.3. The van der Waals surface area contributed by atoms with Crippen LogP contribution < -0.4 is 5.32 Å². The van der Waals surface area contributed by atoms with Crippen molar-refractivity contribution in [3.8, 4) is 16.8 Å². The number of carbonyl (C=O) groups excluding carboxylic acids is 1. The summed E-state index contributed by atoms with van der Waals surface area (Å²) >= 11 is 0. The van der Waals surface area contributed by atoms with Gasteiger partial charge in [-0.2, -0.15) is 4.68 Å². The number of nitrogens with one attached hydrogen (secondary N) is 1. The van der Waals surface area contributed by atoms with E-state index in [2.05, 4.69) is 30.8 Å². The number of carbonyl (C=O) groups is 1. The lowest BCUT2D eigenvalue weighted by atomic mass is 10.0. The number of hydrogen-bond donors (Lipinski definition) is 1.